The number of hydrogen-bond donors (Lipinski definition) is 2. The number of amides is 3. The van der Waals surface area contributed by atoms with Crippen molar-refractivity contribution >= 4 is 29.0 Å². The number of pyridine rings is 1. The monoisotopic (exact) mass is 451 g/mol. The largest absolute Gasteiger partial charge is 0.345 e. The Bertz CT molecular complexity index is 1030. The first-order valence-electron chi connectivity index (χ1n) is 10.6. The molecule has 2 aromatic heterocycles. The van der Waals surface area contributed by atoms with Crippen LogP contribution in [-0.4, -0.2) is 32.8 Å². The molecule has 0 bridgehead atoms. The van der Waals surface area contributed by atoms with E-state index in [2.05, 4.69) is 34.4 Å². The molecule has 3 rings (SSSR count). The Morgan fingerprint density at radius 3 is 2.44 bits per heavy atom. The molecule has 0 aliphatic heterocycles. The quantitative estimate of drug-likeness (QED) is 0.503. The molecule has 0 unspecified atom stereocenters. The van der Waals surface area contributed by atoms with Crippen molar-refractivity contribution in [1.82, 2.24) is 20.2 Å². The molecule has 0 saturated heterocycles. The van der Waals surface area contributed by atoms with Gasteiger partial charge >= 0.3 is 6.03 Å². The van der Waals surface area contributed by atoms with Crippen LogP contribution in [0.4, 0.5) is 10.5 Å². The average Bonchev–Trinajstić information content (AvgIpc) is 3.25. The van der Waals surface area contributed by atoms with Gasteiger partial charge in [-0.3, -0.25) is 9.78 Å². The normalized spacial score (nSPS) is 10.9. The van der Waals surface area contributed by atoms with Crippen LogP contribution >= 0.6 is 11.3 Å². The molecule has 0 aliphatic rings. The second kappa shape index (κ2) is 10.9. The van der Waals surface area contributed by atoms with Gasteiger partial charge in [-0.05, 0) is 49.6 Å². The fraction of sp³-hybridized carbons (Fsp3) is 0.333. The van der Waals surface area contributed by atoms with Crippen LogP contribution in [0.25, 0.3) is 0 Å². The van der Waals surface area contributed by atoms with Gasteiger partial charge in [0.15, 0.2) is 0 Å². The molecule has 3 aromatic rings. The number of urea groups is 1. The number of carbonyl (C=O) groups excluding carboxylic acids is 2. The van der Waals surface area contributed by atoms with Gasteiger partial charge in [-0.2, -0.15) is 0 Å². The number of rotatable bonds is 8. The average molecular weight is 452 g/mol. The van der Waals surface area contributed by atoms with Crippen molar-refractivity contribution in [2.24, 2.45) is 0 Å². The molecule has 0 saturated carbocycles. The number of nitrogens with zero attached hydrogens (tertiary/aromatic N) is 3. The van der Waals surface area contributed by atoms with Gasteiger partial charge in [-0.25, -0.2) is 9.78 Å². The number of aromatic nitrogens is 2. The number of carbonyl (C=O) groups is 2. The number of hydrogen-bond acceptors (Lipinski definition) is 5. The Morgan fingerprint density at radius 2 is 1.81 bits per heavy atom. The lowest BCUT2D eigenvalue weighted by Crippen LogP contribution is -2.39. The van der Waals surface area contributed by atoms with E-state index in [1.54, 1.807) is 16.5 Å². The summed E-state index contributed by atoms with van der Waals surface area (Å²) in [5.41, 5.74) is 3.09. The van der Waals surface area contributed by atoms with Crippen molar-refractivity contribution < 1.29 is 9.59 Å². The van der Waals surface area contributed by atoms with Gasteiger partial charge in [0, 0.05) is 23.3 Å². The number of anilines is 1. The molecule has 0 fully saturated rings. The molecule has 0 atom stereocenters. The molecule has 0 aliphatic carbocycles. The Balaban J connectivity index is 1.60. The van der Waals surface area contributed by atoms with E-state index >= 15 is 0 Å². The number of nitrogens with one attached hydrogen (secondary N) is 2. The fourth-order valence-electron chi connectivity index (χ4n) is 3.03. The SMILES string of the molecule is CC(C)c1ccc(NC(=O)N(Cc2nc(C(=O)NCc3ccccn3)cs2)C(C)C)cc1. The Kier molecular flexibility index (Phi) is 7.94. The summed E-state index contributed by atoms with van der Waals surface area (Å²) in [5.74, 6) is 0.177. The van der Waals surface area contributed by atoms with E-state index in [1.165, 1.54) is 16.9 Å². The first-order valence-corrected chi connectivity index (χ1v) is 11.5. The smallest absolute Gasteiger partial charge is 0.322 e. The summed E-state index contributed by atoms with van der Waals surface area (Å²) in [6.07, 6.45) is 1.69. The van der Waals surface area contributed by atoms with Crippen molar-refractivity contribution in [1.29, 1.82) is 0 Å². The molecule has 2 N–H and O–H groups in total. The highest BCUT2D eigenvalue weighted by atomic mass is 32.1. The van der Waals surface area contributed by atoms with Crippen LogP contribution in [0.1, 0.15) is 60.4 Å². The summed E-state index contributed by atoms with van der Waals surface area (Å²) in [4.78, 5) is 35.6. The molecule has 1 aromatic carbocycles. The van der Waals surface area contributed by atoms with E-state index in [-0.39, 0.29) is 18.0 Å². The highest BCUT2D eigenvalue weighted by Crippen LogP contribution is 2.19. The molecule has 8 heteroatoms. The van der Waals surface area contributed by atoms with Crippen molar-refractivity contribution in [3.05, 3.63) is 76.0 Å². The topological polar surface area (TPSA) is 87.2 Å². The van der Waals surface area contributed by atoms with Crippen LogP contribution in [-0.2, 0) is 13.1 Å². The predicted octanol–water partition coefficient (Wildman–Crippen LogP) is 5.03. The lowest BCUT2D eigenvalue weighted by atomic mass is 10.0. The van der Waals surface area contributed by atoms with E-state index in [0.717, 1.165) is 11.4 Å². The van der Waals surface area contributed by atoms with Crippen molar-refractivity contribution in [3.63, 3.8) is 0 Å². The van der Waals surface area contributed by atoms with Crippen molar-refractivity contribution in [2.45, 2.75) is 52.7 Å². The summed E-state index contributed by atoms with van der Waals surface area (Å²) in [6, 6.07) is 13.2. The maximum absolute atomic E-state index is 12.9. The summed E-state index contributed by atoms with van der Waals surface area (Å²) < 4.78 is 0. The molecule has 32 heavy (non-hydrogen) atoms. The van der Waals surface area contributed by atoms with Crippen LogP contribution in [0.2, 0.25) is 0 Å². The standard InChI is InChI=1S/C24H29N5O2S/c1-16(2)18-8-10-19(11-9-18)27-24(31)29(17(3)4)14-22-28-21(15-32-22)23(30)26-13-20-7-5-6-12-25-20/h5-12,15-17H,13-14H2,1-4H3,(H,26,30)(H,27,31). The minimum Gasteiger partial charge on any atom is -0.345 e. The van der Waals surface area contributed by atoms with E-state index in [1.807, 2.05) is 56.3 Å². The van der Waals surface area contributed by atoms with E-state index in [9.17, 15) is 9.59 Å². The van der Waals surface area contributed by atoms with E-state index in [0.29, 0.717) is 29.7 Å². The van der Waals surface area contributed by atoms with Crippen LogP contribution in [0.15, 0.2) is 54.0 Å². The highest BCUT2D eigenvalue weighted by molar-refractivity contribution is 7.09. The van der Waals surface area contributed by atoms with Crippen LogP contribution < -0.4 is 10.6 Å². The summed E-state index contributed by atoms with van der Waals surface area (Å²) >= 11 is 1.36. The van der Waals surface area contributed by atoms with Gasteiger partial charge < -0.3 is 15.5 Å². The summed E-state index contributed by atoms with van der Waals surface area (Å²) in [7, 11) is 0. The number of benzene rings is 1. The predicted molar refractivity (Wildman–Crippen MR) is 128 cm³/mol. The zero-order chi connectivity index (χ0) is 23.1. The van der Waals surface area contributed by atoms with Crippen molar-refractivity contribution in [3.8, 4) is 0 Å². The Labute approximate surface area is 192 Å². The third-order valence-electron chi connectivity index (χ3n) is 4.96. The fourth-order valence-corrected chi connectivity index (χ4v) is 3.81. The van der Waals surface area contributed by atoms with Gasteiger partial charge in [0.25, 0.3) is 5.91 Å². The van der Waals surface area contributed by atoms with Crippen LogP contribution in [0.5, 0.6) is 0 Å². The van der Waals surface area contributed by atoms with E-state index < -0.39 is 0 Å². The summed E-state index contributed by atoms with van der Waals surface area (Å²) in [6.45, 7) is 8.84. The zero-order valence-electron chi connectivity index (χ0n) is 18.8. The van der Waals surface area contributed by atoms with Crippen LogP contribution in [0, 0.1) is 0 Å². The van der Waals surface area contributed by atoms with Gasteiger partial charge in [0.05, 0.1) is 18.8 Å². The molecule has 168 valence electrons. The molecule has 0 spiro atoms. The van der Waals surface area contributed by atoms with Crippen LogP contribution in [0.3, 0.4) is 0 Å². The lowest BCUT2D eigenvalue weighted by molar-refractivity contribution is 0.0946. The second-order valence-corrected chi connectivity index (χ2v) is 9.00. The maximum atomic E-state index is 12.9. The first-order chi connectivity index (χ1) is 15.3. The van der Waals surface area contributed by atoms with Gasteiger partial charge in [0.2, 0.25) is 0 Å². The first kappa shape index (κ1) is 23.4. The third-order valence-corrected chi connectivity index (χ3v) is 5.79. The Hall–Kier alpha value is -3.26. The van der Waals surface area contributed by atoms with Gasteiger partial charge in [0.1, 0.15) is 10.7 Å². The lowest BCUT2D eigenvalue weighted by Gasteiger charge is -2.26. The molecule has 2 heterocycles. The molecular formula is C24H29N5O2S. The minimum absolute atomic E-state index is 0.0322. The third kappa shape index (κ3) is 6.37. The second-order valence-electron chi connectivity index (χ2n) is 8.06. The summed E-state index contributed by atoms with van der Waals surface area (Å²) in [5, 5.41) is 8.19. The van der Waals surface area contributed by atoms with E-state index in [4.69, 9.17) is 0 Å². The van der Waals surface area contributed by atoms with Crippen molar-refractivity contribution in [2.75, 3.05) is 5.32 Å². The van der Waals surface area contributed by atoms with Gasteiger partial charge in [-0.15, -0.1) is 11.3 Å². The number of thiazole rings is 1. The highest BCUT2D eigenvalue weighted by Gasteiger charge is 2.20. The minimum atomic E-state index is -0.260. The molecule has 7 nitrogen and oxygen atoms in total. The molecule has 3 amide bonds. The Morgan fingerprint density at radius 1 is 1.06 bits per heavy atom. The molecule has 0 radical (unpaired) electrons. The maximum Gasteiger partial charge on any atom is 0.322 e. The zero-order valence-corrected chi connectivity index (χ0v) is 19.6. The molecular weight excluding hydrogens is 422 g/mol. The van der Waals surface area contributed by atoms with Gasteiger partial charge in [-0.1, -0.05) is 32.0 Å².